The van der Waals surface area contributed by atoms with Crippen LogP contribution >= 0.6 is 0 Å². The van der Waals surface area contributed by atoms with Crippen LogP contribution in [0.1, 0.15) is 39.0 Å². The number of aliphatic hydroxyl groups is 1. The SMILES string of the molecule is CCCCCC(=O)OC1CCOC1CO. The average molecular weight is 216 g/mol. The number of hydrogen-bond acceptors (Lipinski definition) is 4. The van der Waals surface area contributed by atoms with E-state index < -0.39 is 0 Å². The zero-order valence-electron chi connectivity index (χ0n) is 9.28. The van der Waals surface area contributed by atoms with Crippen molar-refractivity contribution in [1.82, 2.24) is 0 Å². The van der Waals surface area contributed by atoms with Crippen LogP contribution in [0.15, 0.2) is 0 Å². The lowest BCUT2D eigenvalue weighted by Crippen LogP contribution is -2.30. The van der Waals surface area contributed by atoms with Crippen molar-refractivity contribution in [1.29, 1.82) is 0 Å². The Kier molecular flexibility index (Phi) is 5.65. The summed E-state index contributed by atoms with van der Waals surface area (Å²) in [5.41, 5.74) is 0. The van der Waals surface area contributed by atoms with Gasteiger partial charge < -0.3 is 14.6 Å². The van der Waals surface area contributed by atoms with Crippen LogP contribution < -0.4 is 0 Å². The summed E-state index contributed by atoms with van der Waals surface area (Å²) in [6, 6.07) is 0. The summed E-state index contributed by atoms with van der Waals surface area (Å²) < 4.78 is 10.5. The Morgan fingerprint density at radius 1 is 1.53 bits per heavy atom. The molecule has 0 aromatic carbocycles. The van der Waals surface area contributed by atoms with Crippen molar-refractivity contribution < 1.29 is 19.4 Å². The van der Waals surface area contributed by atoms with Gasteiger partial charge in [-0.3, -0.25) is 4.79 Å². The van der Waals surface area contributed by atoms with Crippen LogP contribution in [-0.4, -0.2) is 36.5 Å². The lowest BCUT2D eigenvalue weighted by atomic mass is 10.2. The van der Waals surface area contributed by atoms with E-state index in [0.717, 1.165) is 19.3 Å². The van der Waals surface area contributed by atoms with E-state index in [1.165, 1.54) is 0 Å². The van der Waals surface area contributed by atoms with Gasteiger partial charge in [0.1, 0.15) is 12.2 Å². The molecule has 1 N–H and O–H groups in total. The number of carbonyl (C=O) groups excluding carboxylic acids is 1. The molecule has 1 aliphatic rings. The number of ether oxygens (including phenoxy) is 2. The van der Waals surface area contributed by atoms with Gasteiger partial charge in [-0.1, -0.05) is 19.8 Å². The quantitative estimate of drug-likeness (QED) is 0.536. The van der Waals surface area contributed by atoms with E-state index in [1.54, 1.807) is 0 Å². The van der Waals surface area contributed by atoms with Gasteiger partial charge >= 0.3 is 5.97 Å². The van der Waals surface area contributed by atoms with Crippen LogP contribution in [0, 0.1) is 0 Å². The van der Waals surface area contributed by atoms with Crippen LogP contribution in [-0.2, 0) is 14.3 Å². The molecule has 2 atom stereocenters. The Labute approximate surface area is 90.6 Å². The van der Waals surface area contributed by atoms with E-state index in [1.807, 2.05) is 0 Å². The number of unbranched alkanes of at least 4 members (excludes halogenated alkanes) is 2. The fraction of sp³-hybridized carbons (Fsp3) is 0.909. The average Bonchev–Trinajstić information content (AvgIpc) is 2.65. The van der Waals surface area contributed by atoms with Crippen LogP contribution in [0.2, 0.25) is 0 Å². The van der Waals surface area contributed by atoms with E-state index in [2.05, 4.69) is 6.92 Å². The highest BCUT2D eigenvalue weighted by Crippen LogP contribution is 2.17. The first-order valence-electron chi connectivity index (χ1n) is 5.70. The molecular formula is C11H20O4. The third kappa shape index (κ3) is 4.18. The third-order valence-electron chi connectivity index (χ3n) is 2.60. The highest BCUT2D eigenvalue weighted by molar-refractivity contribution is 5.69. The Morgan fingerprint density at radius 3 is 3.00 bits per heavy atom. The molecule has 0 amide bonds. The van der Waals surface area contributed by atoms with Crippen LogP contribution in [0.25, 0.3) is 0 Å². The predicted molar refractivity (Wildman–Crippen MR) is 55.5 cm³/mol. The van der Waals surface area contributed by atoms with Crippen molar-refractivity contribution in [2.75, 3.05) is 13.2 Å². The fourth-order valence-corrected chi connectivity index (χ4v) is 1.68. The summed E-state index contributed by atoms with van der Waals surface area (Å²) in [5, 5.41) is 8.95. The molecule has 4 nitrogen and oxygen atoms in total. The van der Waals surface area contributed by atoms with E-state index in [0.29, 0.717) is 19.4 Å². The van der Waals surface area contributed by atoms with Gasteiger partial charge in [0.05, 0.1) is 13.2 Å². The van der Waals surface area contributed by atoms with Gasteiger partial charge in [0.25, 0.3) is 0 Å². The number of aliphatic hydroxyl groups excluding tert-OH is 1. The standard InChI is InChI=1S/C11H20O4/c1-2-3-4-5-11(13)15-9-6-7-14-10(9)8-12/h9-10,12H,2-8H2,1H3. The first-order chi connectivity index (χ1) is 7.27. The van der Waals surface area contributed by atoms with Gasteiger partial charge in [-0.15, -0.1) is 0 Å². The molecule has 1 fully saturated rings. The molecule has 4 heteroatoms. The Bertz CT molecular complexity index is 193. The second-order valence-electron chi connectivity index (χ2n) is 3.87. The second-order valence-corrected chi connectivity index (χ2v) is 3.87. The van der Waals surface area contributed by atoms with Gasteiger partial charge in [0.15, 0.2) is 0 Å². The minimum Gasteiger partial charge on any atom is -0.459 e. The summed E-state index contributed by atoms with van der Waals surface area (Å²) >= 11 is 0. The van der Waals surface area contributed by atoms with Gasteiger partial charge in [0.2, 0.25) is 0 Å². The molecule has 1 heterocycles. The minimum absolute atomic E-state index is 0.0765. The number of carbonyl (C=O) groups is 1. The van der Waals surface area contributed by atoms with Crippen molar-refractivity contribution in [3.05, 3.63) is 0 Å². The summed E-state index contributed by atoms with van der Waals surface area (Å²) in [7, 11) is 0. The molecule has 88 valence electrons. The normalized spacial score (nSPS) is 25.5. The molecule has 0 aliphatic carbocycles. The predicted octanol–water partition coefficient (Wildman–Crippen LogP) is 1.26. The zero-order chi connectivity index (χ0) is 11.1. The number of hydrogen-bond donors (Lipinski definition) is 1. The van der Waals surface area contributed by atoms with Gasteiger partial charge in [-0.2, -0.15) is 0 Å². The first-order valence-corrected chi connectivity index (χ1v) is 5.70. The molecule has 0 saturated carbocycles. The van der Waals surface area contributed by atoms with Crippen LogP contribution in [0.4, 0.5) is 0 Å². The minimum atomic E-state index is -0.319. The Morgan fingerprint density at radius 2 is 2.33 bits per heavy atom. The Hall–Kier alpha value is -0.610. The van der Waals surface area contributed by atoms with Crippen molar-refractivity contribution in [3.8, 4) is 0 Å². The monoisotopic (exact) mass is 216 g/mol. The lowest BCUT2D eigenvalue weighted by Gasteiger charge is -2.16. The largest absolute Gasteiger partial charge is 0.459 e. The van der Waals surface area contributed by atoms with Gasteiger partial charge in [0, 0.05) is 12.8 Å². The van der Waals surface area contributed by atoms with Gasteiger partial charge in [-0.05, 0) is 6.42 Å². The summed E-state index contributed by atoms with van der Waals surface area (Å²) in [5.74, 6) is -0.169. The molecule has 1 saturated heterocycles. The molecule has 2 unspecified atom stereocenters. The zero-order valence-corrected chi connectivity index (χ0v) is 9.28. The maximum atomic E-state index is 11.4. The highest BCUT2D eigenvalue weighted by atomic mass is 16.6. The van der Waals surface area contributed by atoms with E-state index in [9.17, 15) is 4.79 Å². The molecule has 0 aromatic rings. The van der Waals surface area contributed by atoms with Crippen molar-refractivity contribution in [2.45, 2.75) is 51.2 Å². The maximum absolute atomic E-state index is 11.4. The maximum Gasteiger partial charge on any atom is 0.306 e. The lowest BCUT2D eigenvalue weighted by molar-refractivity contribution is -0.152. The van der Waals surface area contributed by atoms with E-state index >= 15 is 0 Å². The second kappa shape index (κ2) is 6.80. The molecular weight excluding hydrogens is 196 g/mol. The summed E-state index contributed by atoms with van der Waals surface area (Å²) in [6.45, 7) is 2.59. The van der Waals surface area contributed by atoms with Gasteiger partial charge in [-0.25, -0.2) is 0 Å². The highest BCUT2D eigenvalue weighted by Gasteiger charge is 2.30. The fourth-order valence-electron chi connectivity index (χ4n) is 1.68. The Balaban J connectivity index is 2.19. The summed E-state index contributed by atoms with van der Waals surface area (Å²) in [6.07, 6.45) is 3.64. The molecule has 15 heavy (non-hydrogen) atoms. The smallest absolute Gasteiger partial charge is 0.306 e. The number of rotatable bonds is 6. The topological polar surface area (TPSA) is 55.8 Å². The summed E-state index contributed by atoms with van der Waals surface area (Å²) in [4.78, 5) is 11.4. The molecule has 1 rings (SSSR count). The molecule has 0 spiro atoms. The van der Waals surface area contributed by atoms with Crippen molar-refractivity contribution in [3.63, 3.8) is 0 Å². The third-order valence-corrected chi connectivity index (χ3v) is 2.60. The first kappa shape index (κ1) is 12.5. The van der Waals surface area contributed by atoms with Crippen LogP contribution in [0.3, 0.4) is 0 Å². The molecule has 0 aromatic heterocycles. The molecule has 1 aliphatic heterocycles. The van der Waals surface area contributed by atoms with E-state index in [4.69, 9.17) is 14.6 Å². The van der Waals surface area contributed by atoms with Crippen LogP contribution in [0.5, 0.6) is 0 Å². The van der Waals surface area contributed by atoms with Crippen molar-refractivity contribution >= 4 is 5.97 Å². The van der Waals surface area contributed by atoms with Crippen molar-refractivity contribution in [2.24, 2.45) is 0 Å². The molecule has 0 radical (unpaired) electrons. The molecule has 0 bridgehead atoms. The van der Waals surface area contributed by atoms with E-state index in [-0.39, 0.29) is 24.8 Å². The number of esters is 1.